The van der Waals surface area contributed by atoms with Gasteiger partial charge in [0.15, 0.2) is 0 Å². The van der Waals surface area contributed by atoms with E-state index in [-0.39, 0.29) is 11.6 Å². The van der Waals surface area contributed by atoms with E-state index in [1.54, 1.807) is 0 Å². The Kier molecular flexibility index (Phi) is 2.98. The van der Waals surface area contributed by atoms with Crippen LogP contribution in [0.1, 0.15) is 17.7 Å². The normalized spacial score (nSPS) is 10.8. The fourth-order valence-corrected chi connectivity index (χ4v) is 1.02. The highest BCUT2D eigenvalue weighted by atomic mass is 35.5. The zero-order chi connectivity index (χ0) is 10.0. The van der Waals surface area contributed by atoms with Crippen molar-refractivity contribution < 1.29 is 18.3 Å². The molecule has 1 rings (SSSR count). The highest BCUT2D eigenvalue weighted by Gasteiger charge is 2.18. The van der Waals surface area contributed by atoms with Crippen molar-refractivity contribution in [2.75, 3.05) is 0 Å². The molecule has 0 saturated heterocycles. The highest BCUT2D eigenvalue weighted by molar-refractivity contribution is 6.17. The molecule has 0 atom stereocenters. The van der Waals surface area contributed by atoms with E-state index in [2.05, 4.69) is 4.98 Å². The Morgan fingerprint density at radius 3 is 2.62 bits per heavy atom. The van der Waals surface area contributed by atoms with Gasteiger partial charge in [-0.3, -0.25) is 0 Å². The molecule has 0 amide bonds. The summed E-state index contributed by atoms with van der Waals surface area (Å²) in [4.78, 5) is 3.15. The van der Waals surface area contributed by atoms with Crippen molar-refractivity contribution in [3.05, 3.63) is 23.3 Å². The minimum Gasteiger partial charge on any atom is -0.505 e. The molecule has 1 aromatic rings. The first-order valence-electron chi connectivity index (χ1n) is 3.28. The Labute approximate surface area is 77.0 Å². The van der Waals surface area contributed by atoms with Gasteiger partial charge in [0.25, 0.3) is 6.43 Å². The molecule has 0 spiro atoms. The Morgan fingerprint density at radius 1 is 1.54 bits per heavy atom. The molecule has 0 saturated carbocycles. The van der Waals surface area contributed by atoms with Crippen molar-refractivity contribution in [3.63, 3.8) is 0 Å². The van der Waals surface area contributed by atoms with Gasteiger partial charge in [0, 0.05) is 6.07 Å². The minimum absolute atomic E-state index is 0.281. The van der Waals surface area contributed by atoms with Gasteiger partial charge < -0.3 is 5.11 Å². The molecule has 0 aliphatic rings. The van der Waals surface area contributed by atoms with Crippen LogP contribution in [0, 0.1) is 5.95 Å². The second-order valence-electron chi connectivity index (χ2n) is 2.26. The van der Waals surface area contributed by atoms with Crippen LogP contribution in [0.3, 0.4) is 0 Å². The summed E-state index contributed by atoms with van der Waals surface area (Å²) in [5.74, 6) is -2.14. The molecule has 0 fully saturated rings. The number of nitrogens with zero attached hydrogens (tertiary/aromatic N) is 1. The summed E-state index contributed by atoms with van der Waals surface area (Å²) in [6.45, 7) is 0. The van der Waals surface area contributed by atoms with Gasteiger partial charge in [-0.25, -0.2) is 13.8 Å². The first-order valence-corrected chi connectivity index (χ1v) is 3.82. The molecule has 1 heterocycles. The molecule has 0 aliphatic carbocycles. The molecule has 0 aliphatic heterocycles. The van der Waals surface area contributed by atoms with E-state index in [9.17, 15) is 13.2 Å². The zero-order valence-electron chi connectivity index (χ0n) is 6.27. The van der Waals surface area contributed by atoms with Crippen LogP contribution in [-0.4, -0.2) is 10.1 Å². The van der Waals surface area contributed by atoms with Gasteiger partial charge in [0.1, 0.15) is 11.4 Å². The van der Waals surface area contributed by atoms with E-state index in [0.29, 0.717) is 6.07 Å². The lowest BCUT2D eigenvalue weighted by Crippen LogP contribution is -1.96. The Morgan fingerprint density at radius 2 is 2.15 bits per heavy atom. The molecule has 13 heavy (non-hydrogen) atoms. The van der Waals surface area contributed by atoms with Crippen LogP contribution < -0.4 is 0 Å². The van der Waals surface area contributed by atoms with Crippen molar-refractivity contribution in [1.82, 2.24) is 4.98 Å². The molecule has 72 valence electrons. The molecule has 1 aromatic heterocycles. The van der Waals surface area contributed by atoms with Crippen LogP contribution in [0.2, 0.25) is 0 Å². The van der Waals surface area contributed by atoms with E-state index in [0.717, 1.165) is 0 Å². The number of aromatic hydroxyl groups is 1. The number of alkyl halides is 3. The predicted octanol–water partition coefficient (Wildman–Crippen LogP) is 2.60. The van der Waals surface area contributed by atoms with E-state index in [4.69, 9.17) is 16.7 Å². The smallest absolute Gasteiger partial charge is 0.267 e. The predicted molar refractivity (Wildman–Crippen MR) is 40.4 cm³/mol. The van der Waals surface area contributed by atoms with E-state index in [1.807, 2.05) is 0 Å². The van der Waals surface area contributed by atoms with Gasteiger partial charge in [-0.05, 0) is 0 Å². The monoisotopic (exact) mass is 211 g/mol. The van der Waals surface area contributed by atoms with Crippen molar-refractivity contribution in [1.29, 1.82) is 0 Å². The lowest BCUT2D eigenvalue weighted by atomic mass is 10.2. The van der Waals surface area contributed by atoms with Crippen molar-refractivity contribution in [2.45, 2.75) is 12.3 Å². The third kappa shape index (κ3) is 2.03. The Hall–Kier alpha value is -0.970. The molecule has 0 radical (unpaired) electrons. The largest absolute Gasteiger partial charge is 0.505 e. The number of hydrogen-bond donors (Lipinski definition) is 1. The van der Waals surface area contributed by atoms with E-state index in [1.165, 1.54) is 0 Å². The molecule has 0 aromatic carbocycles. The third-order valence-electron chi connectivity index (χ3n) is 1.42. The number of pyridine rings is 1. The lowest BCUT2D eigenvalue weighted by molar-refractivity contribution is 0.146. The minimum atomic E-state index is -2.94. The Balaban J connectivity index is 3.27. The van der Waals surface area contributed by atoms with Crippen molar-refractivity contribution in [3.8, 4) is 5.75 Å². The quantitative estimate of drug-likeness (QED) is 0.603. The van der Waals surface area contributed by atoms with E-state index < -0.39 is 23.7 Å². The molecule has 1 N–H and O–H groups in total. The fraction of sp³-hybridized carbons (Fsp3) is 0.286. The van der Waals surface area contributed by atoms with Crippen LogP contribution in [0.4, 0.5) is 13.2 Å². The van der Waals surface area contributed by atoms with Gasteiger partial charge in [-0.15, -0.1) is 11.6 Å². The Bertz CT molecular complexity index is 319. The summed E-state index contributed by atoms with van der Waals surface area (Å²) in [7, 11) is 0. The van der Waals surface area contributed by atoms with Crippen molar-refractivity contribution in [2.24, 2.45) is 0 Å². The van der Waals surface area contributed by atoms with Crippen LogP contribution in [0.5, 0.6) is 5.75 Å². The van der Waals surface area contributed by atoms with Crippen molar-refractivity contribution >= 4 is 11.6 Å². The average Bonchev–Trinajstić information content (AvgIpc) is 2.08. The highest BCUT2D eigenvalue weighted by Crippen LogP contribution is 2.31. The first kappa shape index (κ1) is 10.1. The van der Waals surface area contributed by atoms with Gasteiger partial charge in [0.05, 0.1) is 11.4 Å². The number of halogens is 4. The summed E-state index contributed by atoms with van der Waals surface area (Å²) in [5.41, 5.74) is -1.07. The van der Waals surface area contributed by atoms with Crippen LogP contribution >= 0.6 is 11.6 Å². The van der Waals surface area contributed by atoms with Gasteiger partial charge >= 0.3 is 0 Å². The number of aromatic nitrogens is 1. The molecule has 0 unspecified atom stereocenters. The lowest BCUT2D eigenvalue weighted by Gasteiger charge is -2.06. The molecular formula is C7H5ClF3NO. The SMILES string of the molecule is Oc1c(C(F)F)cc(F)nc1CCl. The first-order chi connectivity index (χ1) is 6.06. The summed E-state index contributed by atoms with van der Waals surface area (Å²) in [5, 5.41) is 9.09. The second-order valence-corrected chi connectivity index (χ2v) is 2.53. The summed E-state index contributed by atoms with van der Waals surface area (Å²) in [6.07, 6.45) is -2.94. The van der Waals surface area contributed by atoms with Crippen LogP contribution in [0.15, 0.2) is 6.07 Å². The summed E-state index contributed by atoms with van der Waals surface area (Å²) >= 11 is 5.25. The summed E-state index contributed by atoms with van der Waals surface area (Å²) in [6, 6.07) is 0.482. The second kappa shape index (κ2) is 3.83. The van der Waals surface area contributed by atoms with Gasteiger partial charge in [-0.2, -0.15) is 4.39 Å². The maximum Gasteiger partial charge on any atom is 0.267 e. The van der Waals surface area contributed by atoms with Crippen LogP contribution in [-0.2, 0) is 5.88 Å². The molecule has 0 bridgehead atoms. The maximum atomic E-state index is 12.5. The fourth-order valence-electron chi connectivity index (χ4n) is 0.837. The summed E-state index contributed by atoms with van der Waals surface area (Å²) < 4.78 is 36.8. The molecular weight excluding hydrogens is 207 g/mol. The molecule has 6 heteroatoms. The van der Waals surface area contributed by atoms with E-state index >= 15 is 0 Å². The maximum absolute atomic E-state index is 12.5. The standard InChI is InChI=1S/C7H5ClF3NO/c8-2-4-6(13)3(7(10)11)1-5(9)12-4/h1,7,13H,2H2. The zero-order valence-corrected chi connectivity index (χ0v) is 7.02. The van der Waals surface area contributed by atoms with Gasteiger partial charge in [0.2, 0.25) is 5.95 Å². The number of rotatable bonds is 2. The third-order valence-corrected chi connectivity index (χ3v) is 1.68. The molecule has 2 nitrogen and oxygen atoms in total. The van der Waals surface area contributed by atoms with Gasteiger partial charge in [-0.1, -0.05) is 0 Å². The van der Waals surface area contributed by atoms with Crippen LogP contribution in [0.25, 0.3) is 0 Å². The topological polar surface area (TPSA) is 33.1 Å². The number of hydrogen-bond acceptors (Lipinski definition) is 2. The average molecular weight is 212 g/mol.